The summed E-state index contributed by atoms with van der Waals surface area (Å²) in [7, 11) is 6.50. The number of nitrogens with zero attached hydrogens (tertiary/aromatic N) is 1. The Bertz CT molecular complexity index is 1580. The summed E-state index contributed by atoms with van der Waals surface area (Å²) in [6.45, 7) is 1.64. The highest BCUT2D eigenvalue weighted by Gasteiger charge is 2.23. The van der Waals surface area contributed by atoms with Crippen LogP contribution >= 0.6 is 0 Å². The van der Waals surface area contributed by atoms with Gasteiger partial charge in [0.05, 0.1) is 30.9 Å². The zero-order valence-corrected chi connectivity index (χ0v) is 23.7. The monoisotopic (exact) mass is 560 g/mol. The summed E-state index contributed by atoms with van der Waals surface area (Å²) in [6, 6.07) is 19.5. The van der Waals surface area contributed by atoms with Crippen LogP contribution < -0.4 is 15.2 Å². The number of amides is 2. The summed E-state index contributed by atoms with van der Waals surface area (Å²) in [5, 5.41) is 11.0. The minimum absolute atomic E-state index is 0.0208. The fourth-order valence-electron chi connectivity index (χ4n) is 4.61. The van der Waals surface area contributed by atoms with Crippen molar-refractivity contribution in [1.29, 1.82) is 0 Å². The van der Waals surface area contributed by atoms with Crippen LogP contribution in [-0.2, 0) is 11.2 Å². The normalized spacial score (nSPS) is 10.4. The van der Waals surface area contributed by atoms with Crippen LogP contribution in [0.25, 0.3) is 21.9 Å². The van der Waals surface area contributed by atoms with Crippen LogP contribution in [0.15, 0.2) is 66.7 Å². The van der Waals surface area contributed by atoms with Crippen molar-refractivity contribution in [2.45, 2.75) is 19.8 Å². The van der Waals surface area contributed by atoms with Crippen molar-refractivity contribution in [1.82, 2.24) is 4.90 Å². The van der Waals surface area contributed by atoms with E-state index in [0.717, 1.165) is 21.9 Å². The van der Waals surface area contributed by atoms with Gasteiger partial charge in [0.1, 0.15) is 17.3 Å². The van der Waals surface area contributed by atoms with E-state index >= 15 is 0 Å². The van der Waals surface area contributed by atoms with E-state index in [1.807, 2.05) is 36.4 Å². The molecule has 4 aromatic carbocycles. The molecule has 8 nitrogen and oxygen atoms in total. The molecule has 2 amide bonds. The molecule has 0 spiro atoms. The molecule has 0 aliphatic carbocycles. The third kappa shape index (κ3) is 6.81. The van der Waals surface area contributed by atoms with E-state index in [-0.39, 0.29) is 17.9 Å². The second-order valence-electron chi connectivity index (χ2n) is 9.43. The zero-order chi connectivity index (χ0) is 30.3. The number of aryl methyl sites for hydroxylation is 2. The lowest BCUT2D eigenvalue weighted by atomic mass is 9.92. The van der Waals surface area contributed by atoms with Gasteiger partial charge in [-0.05, 0) is 59.0 Å². The van der Waals surface area contributed by atoms with Gasteiger partial charge in [-0.25, -0.2) is 4.39 Å². The van der Waals surface area contributed by atoms with Crippen LogP contribution in [0.3, 0.4) is 0 Å². The van der Waals surface area contributed by atoms with Gasteiger partial charge in [0, 0.05) is 20.5 Å². The van der Waals surface area contributed by atoms with Crippen LogP contribution in [0.2, 0.25) is 0 Å². The van der Waals surface area contributed by atoms with Gasteiger partial charge < -0.3 is 25.2 Å². The van der Waals surface area contributed by atoms with E-state index in [9.17, 15) is 18.8 Å². The highest BCUT2D eigenvalue weighted by atomic mass is 19.1. The average molecular weight is 561 g/mol. The summed E-state index contributed by atoms with van der Waals surface area (Å²) < 4.78 is 24.1. The van der Waals surface area contributed by atoms with E-state index in [0.29, 0.717) is 34.6 Å². The van der Waals surface area contributed by atoms with Gasteiger partial charge in [-0.1, -0.05) is 48.5 Å². The maximum absolute atomic E-state index is 12.8. The summed E-state index contributed by atoms with van der Waals surface area (Å²) in [4.78, 5) is 35.9. The molecule has 0 aromatic heterocycles. The molecule has 0 atom stereocenters. The molecule has 214 valence electrons. The Balaban J connectivity index is 0.000000352. The number of ether oxygens (including phenoxy) is 2. The van der Waals surface area contributed by atoms with Crippen LogP contribution in [0.1, 0.15) is 38.3 Å². The Labute approximate surface area is 238 Å². The van der Waals surface area contributed by atoms with Crippen molar-refractivity contribution in [3.05, 3.63) is 94.8 Å². The molecule has 0 bridgehead atoms. The first kappa shape index (κ1) is 30.6. The number of carbonyl (C=O) groups excluding carboxylic acids is 2. The van der Waals surface area contributed by atoms with Crippen molar-refractivity contribution in [2.24, 2.45) is 5.73 Å². The minimum Gasteiger partial charge on any atom is -0.496 e. The maximum Gasteiger partial charge on any atom is 0.303 e. The van der Waals surface area contributed by atoms with Gasteiger partial charge in [-0.15, -0.1) is 0 Å². The van der Waals surface area contributed by atoms with Gasteiger partial charge in [0.2, 0.25) is 0 Å². The first-order valence-electron chi connectivity index (χ1n) is 12.8. The second-order valence-corrected chi connectivity index (χ2v) is 9.43. The smallest absolute Gasteiger partial charge is 0.303 e. The van der Waals surface area contributed by atoms with E-state index < -0.39 is 17.7 Å². The van der Waals surface area contributed by atoms with Crippen molar-refractivity contribution < 1.29 is 33.4 Å². The largest absolute Gasteiger partial charge is 0.496 e. The lowest BCUT2D eigenvalue weighted by Gasteiger charge is -2.20. The predicted octanol–water partition coefficient (Wildman–Crippen LogP) is 5.48. The van der Waals surface area contributed by atoms with Crippen LogP contribution in [0.4, 0.5) is 4.39 Å². The number of rotatable bonds is 8. The number of aliphatic carboxylic acids is 1. The molecule has 3 N–H and O–H groups in total. The molecular formula is C32H33FN2O6. The SMILES string of the molecule is COc1ccc(C(=O)N(C)C)c(OC)c1-c1cccc2c(CCC(=O)O)cccc12.Cc1cccc(F)c1C(N)=O. The Hall–Kier alpha value is -4.92. The number of hydrogen-bond donors (Lipinski definition) is 2. The Morgan fingerprint density at radius 3 is 2.12 bits per heavy atom. The Morgan fingerprint density at radius 1 is 0.902 bits per heavy atom. The highest BCUT2D eigenvalue weighted by Crippen LogP contribution is 2.44. The van der Waals surface area contributed by atoms with Crippen molar-refractivity contribution in [2.75, 3.05) is 28.3 Å². The molecule has 0 saturated heterocycles. The second kappa shape index (κ2) is 13.4. The number of carbonyl (C=O) groups is 3. The van der Waals surface area contributed by atoms with Crippen molar-refractivity contribution in [3.8, 4) is 22.6 Å². The number of fused-ring (bicyclic) bond motifs is 1. The van der Waals surface area contributed by atoms with Crippen LogP contribution in [-0.4, -0.2) is 56.1 Å². The van der Waals surface area contributed by atoms with E-state index in [1.54, 1.807) is 46.3 Å². The summed E-state index contributed by atoms with van der Waals surface area (Å²) in [5.41, 5.74) is 8.42. The number of nitrogens with two attached hydrogens (primary N) is 1. The lowest BCUT2D eigenvalue weighted by molar-refractivity contribution is -0.136. The molecule has 0 unspecified atom stereocenters. The number of carboxylic acid groups (broad SMARTS) is 1. The molecule has 0 heterocycles. The summed E-state index contributed by atoms with van der Waals surface area (Å²) in [6.07, 6.45) is 0.492. The molecule has 41 heavy (non-hydrogen) atoms. The molecule has 0 aliphatic rings. The van der Waals surface area contributed by atoms with Crippen LogP contribution in [0.5, 0.6) is 11.5 Å². The van der Waals surface area contributed by atoms with Gasteiger partial charge in [0.25, 0.3) is 11.8 Å². The van der Waals surface area contributed by atoms with Crippen molar-refractivity contribution >= 4 is 28.6 Å². The summed E-state index contributed by atoms with van der Waals surface area (Å²) in [5.74, 6) is -1.25. The van der Waals surface area contributed by atoms with E-state index in [1.165, 1.54) is 24.1 Å². The number of methoxy groups -OCH3 is 2. The first-order chi connectivity index (χ1) is 19.5. The van der Waals surface area contributed by atoms with Gasteiger partial charge in [0.15, 0.2) is 0 Å². The predicted molar refractivity (Wildman–Crippen MR) is 156 cm³/mol. The van der Waals surface area contributed by atoms with E-state index in [2.05, 4.69) is 0 Å². The fourth-order valence-corrected chi connectivity index (χ4v) is 4.61. The molecule has 0 radical (unpaired) electrons. The van der Waals surface area contributed by atoms with E-state index in [4.69, 9.17) is 20.3 Å². The quantitative estimate of drug-likeness (QED) is 0.295. The lowest BCUT2D eigenvalue weighted by Crippen LogP contribution is -2.22. The number of benzene rings is 4. The van der Waals surface area contributed by atoms with Gasteiger partial charge in [-0.2, -0.15) is 0 Å². The number of hydrogen-bond acceptors (Lipinski definition) is 5. The summed E-state index contributed by atoms with van der Waals surface area (Å²) >= 11 is 0. The Kier molecular flexibility index (Phi) is 10.0. The molecule has 9 heteroatoms. The number of primary amides is 1. The molecule has 4 rings (SSSR count). The molecule has 0 saturated carbocycles. The van der Waals surface area contributed by atoms with Gasteiger partial charge in [-0.3, -0.25) is 14.4 Å². The highest BCUT2D eigenvalue weighted by molar-refractivity contribution is 6.05. The number of carboxylic acids is 1. The Morgan fingerprint density at radius 2 is 1.56 bits per heavy atom. The number of halogens is 1. The fraction of sp³-hybridized carbons (Fsp3) is 0.219. The third-order valence-electron chi connectivity index (χ3n) is 6.54. The zero-order valence-electron chi connectivity index (χ0n) is 23.7. The first-order valence-corrected chi connectivity index (χ1v) is 12.8. The molecule has 4 aromatic rings. The minimum atomic E-state index is -0.832. The third-order valence-corrected chi connectivity index (χ3v) is 6.54. The average Bonchev–Trinajstić information content (AvgIpc) is 2.94. The van der Waals surface area contributed by atoms with Gasteiger partial charge >= 0.3 is 5.97 Å². The van der Waals surface area contributed by atoms with Crippen molar-refractivity contribution in [3.63, 3.8) is 0 Å². The molecule has 0 fully saturated rings. The molecule has 0 aliphatic heterocycles. The van der Waals surface area contributed by atoms with Crippen LogP contribution in [0, 0.1) is 12.7 Å². The topological polar surface area (TPSA) is 119 Å². The molecular weight excluding hydrogens is 527 g/mol. The maximum atomic E-state index is 12.8. The standard InChI is InChI=1S/C24H25NO5.C8H8FNO/c1-25(2)24(28)19-12-13-20(29-3)22(23(19)30-4)18-10-6-8-16-15(11-14-21(26)27)7-5-9-17(16)18;1-5-3-2-4-6(9)7(5)8(10)11/h5-10,12-13H,11,14H2,1-4H3,(H,26,27);2-4H,1H3,(H2,10,11).